The normalized spacial score (nSPS) is 13.1. The molecule has 0 saturated carbocycles. The van der Waals surface area contributed by atoms with Gasteiger partial charge in [-0.1, -0.05) is 0 Å². The SMILES string of the molecule is C[C@@H](C#N)C[C@H](NC(=O)c1ccc(F)cc1)C(=O)O. The van der Waals surface area contributed by atoms with E-state index in [4.69, 9.17) is 10.4 Å². The molecule has 19 heavy (non-hydrogen) atoms. The smallest absolute Gasteiger partial charge is 0.326 e. The third-order valence-corrected chi connectivity index (χ3v) is 2.52. The fourth-order valence-electron chi connectivity index (χ4n) is 1.47. The summed E-state index contributed by atoms with van der Waals surface area (Å²) in [6.07, 6.45) is 0.0127. The summed E-state index contributed by atoms with van der Waals surface area (Å²) in [4.78, 5) is 22.7. The number of carboxylic acids is 1. The van der Waals surface area contributed by atoms with Crippen molar-refractivity contribution < 1.29 is 19.1 Å². The summed E-state index contributed by atoms with van der Waals surface area (Å²) in [6, 6.07) is 5.51. The molecule has 0 spiro atoms. The molecule has 0 saturated heterocycles. The first-order chi connectivity index (χ1) is 8.93. The number of halogens is 1. The molecule has 0 aliphatic carbocycles. The summed E-state index contributed by atoms with van der Waals surface area (Å²) in [7, 11) is 0. The van der Waals surface area contributed by atoms with Gasteiger partial charge in [-0.3, -0.25) is 4.79 Å². The van der Waals surface area contributed by atoms with Crippen molar-refractivity contribution in [3.63, 3.8) is 0 Å². The minimum Gasteiger partial charge on any atom is -0.480 e. The zero-order chi connectivity index (χ0) is 14.4. The van der Waals surface area contributed by atoms with Crippen LogP contribution in [0.2, 0.25) is 0 Å². The molecular formula is C13H13FN2O3. The van der Waals surface area contributed by atoms with Gasteiger partial charge in [0.15, 0.2) is 0 Å². The third kappa shape index (κ3) is 4.39. The molecule has 0 unspecified atom stereocenters. The first-order valence-corrected chi connectivity index (χ1v) is 5.63. The lowest BCUT2D eigenvalue weighted by atomic mass is 10.0. The lowest BCUT2D eigenvalue weighted by molar-refractivity contribution is -0.139. The Bertz CT molecular complexity index is 508. The van der Waals surface area contributed by atoms with E-state index < -0.39 is 29.7 Å². The van der Waals surface area contributed by atoms with Crippen LogP contribution in [0.4, 0.5) is 4.39 Å². The molecule has 2 N–H and O–H groups in total. The number of hydrogen-bond acceptors (Lipinski definition) is 3. The molecule has 1 amide bonds. The lowest BCUT2D eigenvalue weighted by Crippen LogP contribution is -2.41. The molecule has 0 heterocycles. The minimum atomic E-state index is -1.21. The van der Waals surface area contributed by atoms with Gasteiger partial charge in [-0.25, -0.2) is 9.18 Å². The Kier molecular flexibility index (Phi) is 5.01. The Hall–Kier alpha value is -2.42. The van der Waals surface area contributed by atoms with Gasteiger partial charge in [0.25, 0.3) is 5.91 Å². The van der Waals surface area contributed by atoms with Crippen LogP contribution in [-0.4, -0.2) is 23.0 Å². The third-order valence-electron chi connectivity index (χ3n) is 2.52. The predicted octanol–water partition coefficient (Wildman–Crippen LogP) is 1.56. The minimum absolute atomic E-state index is 0.0127. The van der Waals surface area contributed by atoms with Gasteiger partial charge >= 0.3 is 5.97 Å². The van der Waals surface area contributed by atoms with E-state index in [1.165, 1.54) is 12.1 Å². The van der Waals surface area contributed by atoms with E-state index in [2.05, 4.69) is 5.32 Å². The molecule has 1 aromatic rings. The maximum Gasteiger partial charge on any atom is 0.326 e. The second-order valence-electron chi connectivity index (χ2n) is 4.14. The van der Waals surface area contributed by atoms with Crippen LogP contribution in [-0.2, 0) is 4.79 Å². The molecule has 0 aliphatic heterocycles. The Morgan fingerprint density at radius 2 is 2.00 bits per heavy atom. The molecule has 5 nitrogen and oxygen atoms in total. The molecule has 6 heteroatoms. The van der Waals surface area contributed by atoms with Gasteiger partial charge < -0.3 is 10.4 Å². The molecular weight excluding hydrogens is 251 g/mol. The highest BCUT2D eigenvalue weighted by Crippen LogP contribution is 2.07. The number of aliphatic carboxylic acids is 1. The maximum absolute atomic E-state index is 12.7. The van der Waals surface area contributed by atoms with E-state index >= 15 is 0 Å². The van der Waals surface area contributed by atoms with Crippen LogP contribution in [0.15, 0.2) is 24.3 Å². The number of benzene rings is 1. The molecule has 2 atom stereocenters. The fraction of sp³-hybridized carbons (Fsp3) is 0.308. The monoisotopic (exact) mass is 264 g/mol. The second-order valence-corrected chi connectivity index (χ2v) is 4.14. The number of carbonyl (C=O) groups excluding carboxylic acids is 1. The van der Waals surface area contributed by atoms with Gasteiger partial charge in [-0.2, -0.15) is 5.26 Å². The van der Waals surface area contributed by atoms with Gasteiger partial charge in [0, 0.05) is 11.5 Å². The van der Waals surface area contributed by atoms with Gasteiger partial charge in [0.1, 0.15) is 11.9 Å². The van der Waals surface area contributed by atoms with Crippen molar-refractivity contribution in [3.05, 3.63) is 35.6 Å². The van der Waals surface area contributed by atoms with Crippen LogP contribution in [0, 0.1) is 23.1 Å². The van der Waals surface area contributed by atoms with Crippen molar-refractivity contribution in [2.45, 2.75) is 19.4 Å². The summed E-state index contributed by atoms with van der Waals surface area (Å²) >= 11 is 0. The number of rotatable bonds is 5. The molecule has 0 bridgehead atoms. The molecule has 100 valence electrons. The Morgan fingerprint density at radius 1 is 1.42 bits per heavy atom. The van der Waals surface area contributed by atoms with E-state index in [0.29, 0.717) is 0 Å². The molecule has 1 aromatic carbocycles. The average molecular weight is 264 g/mol. The quantitative estimate of drug-likeness (QED) is 0.844. The maximum atomic E-state index is 12.7. The van der Waals surface area contributed by atoms with Gasteiger partial charge in [0.05, 0.1) is 6.07 Å². The van der Waals surface area contributed by atoms with Crippen LogP contribution in [0.3, 0.4) is 0 Å². The largest absolute Gasteiger partial charge is 0.480 e. The number of nitrogens with zero attached hydrogens (tertiary/aromatic N) is 1. The molecule has 1 rings (SSSR count). The molecule has 0 aromatic heterocycles. The highest BCUT2D eigenvalue weighted by atomic mass is 19.1. The summed E-state index contributed by atoms with van der Waals surface area (Å²) in [5.74, 6) is -2.80. The number of carbonyl (C=O) groups is 2. The number of amides is 1. The standard InChI is InChI=1S/C13H13FN2O3/c1-8(7-15)6-11(13(18)19)16-12(17)9-2-4-10(14)5-3-9/h2-5,8,11H,6H2,1H3,(H,16,17)(H,18,19)/t8-,11+/m1/s1. The molecule has 0 aliphatic rings. The lowest BCUT2D eigenvalue weighted by Gasteiger charge is -2.15. The van der Waals surface area contributed by atoms with Gasteiger partial charge in [0.2, 0.25) is 0 Å². The summed E-state index contributed by atoms with van der Waals surface area (Å²) < 4.78 is 12.7. The first-order valence-electron chi connectivity index (χ1n) is 5.63. The molecule has 0 fully saturated rings. The topological polar surface area (TPSA) is 90.2 Å². The average Bonchev–Trinajstić information content (AvgIpc) is 2.38. The van der Waals surface area contributed by atoms with E-state index in [0.717, 1.165) is 12.1 Å². The van der Waals surface area contributed by atoms with E-state index in [1.807, 2.05) is 6.07 Å². The van der Waals surface area contributed by atoms with Crippen LogP contribution in [0.1, 0.15) is 23.7 Å². The van der Waals surface area contributed by atoms with Crippen molar-refractivity contribution in [1.82, 2.24) is 5.32 Å². The summed E-state index contributed by atoms with van der Waals surface area (Å²) in [6.45, 7) is 1.57. The van der Waals surface area contributed by atoms with Crippen molar-refractivity contribution in [2.75, 3.05) is 0 Å². The van der Waals surface area contributed by atoms with E-state index in [-0.39, 0.29) is 12.0 Å². The predicted molar refractivity (Wildman–Crippen MR) is 64.7 cm³/mol. The van der Waals surface area contributed by atoms with Crippen LogP contribution < -0.4 is 5.32 Å². The van der Waals surface area contributed by atoms with Crippen molar-refractivity contribution in [3.8, 4) is 6.07 Å². The number of carboxylic acid groups (broad SMARTS) is 1. The first kappa shape index (κ1) is 14.6. The van der Waals surface area contributed by atoms with Crippen molar-refractivity contribution in [2.24, 2.45) is 5.92 Å². The van der Waals surface area contributed by atoms with Gasteiger partial charge in [-0.05, 0) is 37.6 Å². The number of nitriles is 1. The highest BCUT2D eigenvalue weighted by Gasteiger charge is 2.22. The van der Waals surface area contributed by atoms with Gasteiger partial charge in [-0.15, -0.1) is 0 Å². The Balaban J connectivity index is 2.74. The zero-order valence-corrected chi connectivity index (χ0v) is 10.3. The van der Waals surface area contributed by atoms with Crippen LogP contribution in [0.5, 0.6) is 0 Å². The van der Waals surface area contributed by atoms with E-state index in [1.54, 1.807) is 6.92 Å². The Labute approximate surface area is 109 Å². The fourth-order valence-corrected chi connectivity index (χ4v) is 1.47. The number of nitrogens with one attached hydrogen (secondary N) is 1. The van der Waals surface area contributed by atoms with Crippen LogP contribution in [0.25, 0.3) is 0 Å². The molecule has 0 radical (unpaired) electrons. The number of hydrogen-bond donors (Lipinski definition) is 2. The summed E-state index contributed by atoms with van der Waals surface area (Å²) in [5.41, 5.74) is 0.164. The van der Waals surface area contributed by atoms with E-state index in [9.17, 15) is 14.0 Å². The zero-order valence-electron chi connectivity index (χ0n) is 10.3. The second kappa shape index (κ2) is 6.50. The van der Waals surface area contributed by atoms with Crippen LogP contribution >= 0.6 is 0 Å². The van der Waals surface area contributed by atoms with Crippen molar-refractivity contribution >= 4 is 11.9 Å². The van der Waals surface area contributed by atoms with Crippen molar-refractivity contribution in [1.29, 1.82) is 5.26 Å². The Morgan fingerprint density at radius 3 is 2.47 bits per heavy atom. The summed E-state index contributed by atoms with van der Waals surface area (Å²) in [5, 5.41) is 19.9. The highest BCUT2D eigenvalue weighted by molar-refractivity contribution is 5.96.